The lowest BCUT2D eigenvalue weighted by atomic mass is 10.00. The molecule has 0 aliphatic rings. The molecule has 0 spiro atoms. The SMILES string of the molecule is CCCCC(CC)CN=C(NCCn1cnnc1CC)NC(C)(C)C.I. The molecule has 1 rings (SSSR count). The van der Waals surface area contributed by atoms with Crippen LogP contribution in [0.5, 0.6) is 0 Å². The van der Waals surface area contributed by atoms with Crippen LogP contribution in [0.25, 0.3) is 0 Å². The van der Waals surface area contributed by atoms with Gasteiger partial charge in [0, 0.05) is 31.6 Å². The number of nitrogens with zero attached hydrogens (tertiary/aromatic N) is 4. The lowest BCUT2D eigenvalue weighted by molar-refractivity contribution is 0.455. The summed E-state index contributed by atoms with van der Waals surface area (Å²) in [7, 11) is 0. The van der Waals surface area contributed by atoms with Gasteiger partial charge in [-0.25, -0.2) is 0 Å². The van der Waals surface area contributed by atoms with Gasteiger partial charge >= 0.3 is 0 Å². The van der Waals surface area contributed by atoms with Crippen molar-refractivity contribution in [3.63, 3.8) is 0 Å². The fraction of sp³-hybridized carbons (Fsp3) is 0.842. The Hall–Kier alpha value is -0.860. The number of unbranched alkanes of at least 4 members (excludes halogenated alkanes) is 1. The lowest BCUT2D eigenvalue weighted by Crippen LogP contribution is -2.48. The Bertz CT molecular complexity index is 506. The average Bonchev–Trinajstić information content (AvgIpc) is 3.01. The molecule has 7 heteroatoms. The molecular formula is C19H39IN6. The van der Waals surface area contributed by atoms with Crippen molar-refractivity contribution in [1.82, 2.24) is 25.4 Å². The van der Waals surface area contributed by atoms with E-state index < -0.39 is 0 Å². The summed E-state index contributed by atoms with van der Waals surface area (Å²) in [6.07, 6.45) is 7.69. The van der Waals surface area contributed by atoms with Gasteiger partial charge in [-0.15, -0.1) is 34.2 Å². The van der Waals surface area contributed by atoms with Crippen LogP contribution in [-0.2, 0) is 13.0 Å². The van der Waals surface area contributed by atoms with E-state index >= 15 is 0 Å². The van der Waals surface area contributed by atoms with Gasteiger partial charge in [-0.05, 0) is 33.1 Å². The predicted octanol–water partition coefficient (Wildman–Crippen LogP) is 4.01. The molecule has 0 saturated heterocycles. The third-order valence-electron chi connectivity index (χ3n) is 4.20. The summed E-state index contributed by atoms with van der Waals surface area (Å²) in [5.41, 5.74) is -0.0118. The monoisotopic (exact) mass is 478 g/mol. The normalized spacial score (nSPS) is 13.2. The number of aromatic nitrogens is 3. The maximum Gasteiger partial charge on any atom is 0.191 e. The van der Waals surface area contributed by atoms with E-state index in [2.05, 4.69) is 66.9 Å². The van der Waals surface area contributed by atoms with Crippen LogP contribution >= 0.6 is 24.0 Å². The van der Waals surface area contributed by atoms with Crippen molar-refractivity contribution in [2.75, 3.05) is 13.1 Å². The highest BCUT2D eigenvalue weighted by molar-refractivity contribution is 14.0. The average molecular weight is 478 g/mol. The lowest BCUT2D eigenvalue weighted by Gasteiger charge is -2.25. The number of nitrogens with one attached hydrogen (secondary N) is 2. The molecular weight excluding hydrogens is 439 g/mol. The van der Waals surface area contributed by atoms with E-state index in [1.54, 1.807) is 6.33 Å². The smallest absolute Gasteiger partial charge is 0.191 e. The Labute approximate surface area is 177 Å². The van der Waals surface area contributed by atoms with Crippen LogP contribution in [0.3, 0.4) is 0 Å². The van der Waals surface area contributed by atoms with Crippen LogP contribution in [-0.4, -0.2) is 39.4 Å². The van der Waals surface area contributed by atoms with Crippen LogP contribution in [0.4, 0.5) is 0 Å². The molecule has 0 radical (unpaired) electrons. The highest BCUT2D eigenvalue weighted by Gasteiger charge is 2.13. The number of aliphatic imine (C=N–C) groups is 1. The van der Waals surface area contributed by atoms with Crippen LogP contribution in [0, 0.1) is 5.92 Å². The molecule has 0 aliphatic carbocycles. The highest BCUT2D eigenvalue weighted by Crippen LogP contribution is 2.12. The van der Waals surface area contributed by atoms with E-state index in [1.165, 1.54) is 25.7 Å². The van der Waals surface area contributed by atoms with E-state index in [0.717, 1.165) is 37.8 Å². The second kappa shape index (κ2) is 13.3. The summed E-state index contributed by atoms with van der Waals surface area (Å²) in [6, 6.07) is 0. The van der Waals surface area contributed by atoms with Gasteiger partial charge in [0.25, 0.3) is 0 Å². The van der Waals surface area contributed by atoms with E-state index in [0.29, 0.717) is 5.92 Å². The summed E-state index contributed by atoms with van der Waals surface area (Å²) in [5, 5.41) is 15.1. The first kappa shape index (κ1) is 25.1. The summed E-state index contributed by atoms with van der Waals surface area (Å²) in [5.74, 6) is 2.59. The van der Waals surface area contributed by atoms with Crippen LogP contribution in [0.2, 0.25) is 0 Å². The molecule has 1 atom stereocenters. The van der Waals surface area contributed by atoms with Crippen molar-refractivity contribution in [3.05, 3.63) is 12.2 Å². The molecule has 6 nitrogen and oxygen atoms in total. The minimum Gasteiger partial charge on any atom is -0.355 e. The first-order valence-corrected chi connectivity index (χ1v) is 9.82. The van der Waals surface area contributed by atoms with Gasteiger partial charge < -0.3 is 15.2 Å². The fourth-order valence-corrected chi connectivity index (χ4v) is 2.67. The van der Waals surface area contributed by atoms with E-state index in [-0.39, 0.29) is 29.5 Å². The first-order chi connectivity index (χ1) is 11.9. The van der Waals surface area contributed by atoms with Gasteiger partial charge in [0.2, 0.25) is 0 Å². The van der Waals surface area contributed by atoms with Crippen molar-refractivity contribution in [2.24, 2.45) is 10.9 Å². The molecule has 26 heavy (non-hydrogen) atoms. The molecule has 1 aromatic heterocycles. The second-order valence-electron chi connectivity index (χ2n) is 7.70. The fourth-order valence-electron chi connectivity index (χ4n) is 2.67. The number of halogens is 1. The molecule has 0 aliphatic heterocycles. The quantitative estimate of drug-likeness (QED) is 0.303. The van der Waals surface area contributed by atoms with Gasteiger partial charge in [0.15, 0.2) is 5.96 Å². The number of hydrogen-bond acceptors (Lipinski definition) is 3. The van der Waals surface area contributed by atoms with Crippen molar-refractivity contribution in [2.45, 2.75) is 85.7 Å². The van der Waals surface area contributed by atoms with Crippen molar-refractivity contribution >= 4 is 29.9 Å². The van der Waals surface area contributed by atoms with Crippen LogP contribution in [0.1, 0.15) is 73.1 Å². The van der Waals surface area contributed by atoms with E-state index in [4.69, 9.17) is 4.99 Å². The zero-order valence-electron chi connectivity index (χ0n) is 17.5. The van der Waals surface area contributed by atoms with E-state index in [9.17, 15) is 0 Å². The standard InChI is InChI=1S/C19H38N6.HI/c1-7-10-11-16(8-2)14-21-18(23-19(4,5)6)20-12-13-25-15-22-24-17(25)9-3;/h15-16H,7-14H2,1-6H3,(H2,20,21,23);1H. The largest absolute Gasteiger partial charge is 0.355 e. The third-order valence-corrected chi connectivity index (χ3v) is 4.20. The Morgan fingerprint density at radius 3 is 2.58 bits per heavy atom. The maximum absolute atomic E-state index is 4.85. The Morgan fingerprint density at radius 1 is 1.27 bits per heavy atom. The zero-order chi connectivity index (χ0) is 18.7. The number of aryl methyl sites for hydroxylation is 1. The highest BCUT2D eigenvalue weighted by atomic mass is 127. The van der Waals surface area contributed by atoms with Crippen molar-refractivity contribution in [1.29, 1.82) is 0 Å². The summed E-state index contributed by atoms with van der Waals surface area (Å²) in [6.45, 7) is 15.6. The van der Waals surface area contributed by atoms with Crippen molar-refractivity contribution < 1.29 is 0 Å². The Kier molecular flexibility index (Phi) is 12.9. The second-order valence-corrected chi connectivity index (χ2v) is 7.70. The maximum atomic E-state index is 4.85. The van der Waals surface area contributed by atoms with Gasteiger partial charge in [-0.1, -0.05) is 40.0 Å². The van der Waals surface area contributed by atoms with E-state index in [1.807, 2.05) is 0 Å². The summed E-state index contributed by atoms with van der Waals surface area (Å²) in [4.78, 5) is 4.85. The summed E-state index contributed by atoms with van der Waals surface area (Å²) >= 11 is 0. The van der Waals surface area contributed by atoms with Gasteiger partial charge in [-0.2, -0.15) is 0 Å². The molecule has 1 heterocycles. The third kappa shape index (κ3) is 10.3. The minimum absolute atomic E-state index is 0. The molecule has 0 aromatic carbocycles. The first-order valence-electron chi connectivity index (χ1n) is 9.82. The van der Waals surface area contributed by atoms with Gasteiger partial charge in [-0.3, -0.25) is 4.99 Å². The van der Waals surface area contributed by atoms with Crippen LogP contribution in [0.15, 0.2) is 11.3 Å². The summed E-state index contributed by atoms with van der Waals surface area (Å²) < 4.78 is 2.10. The number of guanidine groups is 1. The molecule has 152 valence electrons. The topological polar surface area (TPSA) is 67.1 Å². The van der Waals surface area contributed by atoms with Crippen molar-refractivity contribution in [3.8, 4) is 0 Å². The molecule has 1 unspecified atom stereocenters. The molecule has 1 aromatic rings. The Morgan fingerprint density at radius 2 is 2.00 bits per heavy atom. The zero-order valence-corrected chi connectivity index (χ0v) is 19.8. The number of rotatable bonds is 10. The molecule has 0 amide bonds. The van der Waals surface area contributed by atoms with Gasteiger partial charge in [0.1, 0.15) is 12.2 Å². The predicted molar refractivity (Wildman–Crippen MR) is 121 cm³/mol. The molecule has 0 fully saturated rings. The molecule has 0 saturated carbocycles. The minimum atomic E-state index is -0.0118. The van der Waals surface area contributed by atoms with Gasteiger partial charge in [0.05, 0.1) is 0 Å². The molecule has 0 bridgehead atoms. The number of hydrogen-bond donors (Lipinski definition) is 2. The van der Waals surface area contributed by atoms with Crippen LogP contribution < -0.4 is 10.6 Å². The Balaban J connectivity index is 0.00000625. The molecule has 2 N–H and O–H groups in total.